The van der Waals surface area contributed by atoms with Crippen LogP contribution in [0.25, 0.3) is 0 Å². The fourth-order valence-electron chi connectivity index (χ4n) is 1.76. The predicted octanol–water partition coefficient (Wildman–Crippen LogP) is 1.30. The van der Waals surface area contributed by atoms with Crippen LogP contribution < -0.4 is 10.5 Å². The Labute approximate surface area is 123 Å². The van der Waals surface area contributed by atoms with Crippen molar-refractivity contribution in [2.24, 2.45) is 5.14 Å². The van der Waals surface area contributed by atoms with Gasteiger partial charge in [-0.05, 0) is 36.2 Å². The molecule has 0 bridgehead atoms. The number of hydrogen-bond acceptors (Lipinski definition) is 4. The predicted molar refractivity (Wildman–Crippen MR) is 79.0 cm³/mol. The summed E-state index contributed by atoms with van der Waals surface area (Å²) in [6.07, 6.45) is 4.02. The van der Waals surface area contributed by atoms with Crippen LogP contribution in [-0.2, 0) is 21.2 Å². The van der Waals surface area contributed by atoms with Crippen LogP contribution in [0.3, 0.4) is 0 Å². The highest BCUT2D eigenvalue weighted by atomic mass is 32.2. The molecule has 1 heterocycles. The fourth-order valence-corrected chi connectivity index (χ4v) is 2.28. The van der Waals surface area contributed by atoms with E-state index in [-0.39, 0.29) is 10.8 Å². The molecule has 6 nitrogen and oxygen atoms in total. The van der Waals surface area contributed by atoms with Gasteiger partial charge in [0.1, 0.15) is 0 Å². The van der Waals surface area contributed by atoms with Crippen LogP contribution in [0.1, 0.15) is 12.0 Å². The average Bonchev–Trinajstić information content (AvgIpc) is 2.46. The van der Waals surface area contributed by atoms with Crippen LogP contribution in [0.5, 0.6) is 0 Å². The number of nitrogens with zero attached hydrogens (tertiary/aromatic N) is 1. The number of sulfonamides is 1. The Kier molecular flexibility index (Phi) is 4.66. The minimum absolute atomic E-state index is 0.0625. The summed E-state index contributed by atoms with van der Waals surface area (Å²) in [4.78, 5) is 15.7. The summed E-state index contributed by atoms with van der Waals surface area (Å²) in [6.45, 7) is 0. The first-order chi connectivity index (χ1) is 9.95. The van der Waals surface area contributed by atoms with Crippen LogP contribution in [-0.4, -0.2) is 19.3 Å². The van der Waals surface area contributed by atoms with Gasteiger partial charge in [0.2, 0.25) is 15.9 Å². The van der Waals surface area contributed by atoms with Crippen molar-refractivity contribution >= 4 is 21.6 Å². The standard InChI is InChI=1S/C14H15N3O3S/c15-21(19,20)13-4-1-11(2-5-13)3-6-14(18)17-12-7-9-16-10-8-12/h1-2,4-5,7-10H,3,6H2,(H2,15,19,20)(H,16,17,18). The van der Waals surface area contributed by atoms with Crippen LogP contribution in [0, 0.1) is 0 Å². The number of aromatic nitrogens is 1. The van der Waals surface area contributed by atoms with E-state index in [9.17, 15) is 13.2 Å². The molecule has 0 radical (unpaired) electrons. The SMILES string of the molecule is NS(=O)(=O)c1ccc(CCC(=O)Nc2ccncc2)cc1. The fraction of sp³-hybridized carbons (Fsp3) is 0.143. The van der Waals surface area contributed by atoms with Crippen molar-refractivity contribution in [3.63, 3.8) is 0 Å². The van der Waals surface area contributed by atoms with E-state index in [1.54, 1.807) is 36.7 Å². The van der Waals surface area contributed by atoms with Crippen molar-refractivity contribution in [1.82, 2.24) is 4.98 Å². The Hall–Kier alpha value is -2.25. The Morgan fingerprint density at radius 3 is 2.29 bits per heavy atom. The lowest BCUT2D eigenvalue weighted by Crippen LogP contribution is -2.13. The van der Waals surface area contributed by atoms with E-state index in [1.807, 2.05) is 0 Å². The summed E-state index contributed by atoms with van der Waals surface area (Å²) in [5.41, 5.74) is 1.56. The molecule has 0 aliphatic carbocycles. The maximum absolute atomic E-state index is 11.8. The number of nitrogens with one attached hydrogen (secondary N) is 1. The summed E-state index contributed by atoms with van der Waals surface area (Å²) in [6, 6.07) is 9.59. The molecule has 7 heteroatoms. The Morgan fingerprint density at radius 2 is 1.71 bits per heavy atom. The van der Waals surface area contributed by atoms with Gasteiger partial charge in [0.25, 0.3) is 0 Å². The summed E-state index contributed by atoms with van der Waals surface area (Å²) < 4.78 is 22.2. The smallest absolute Gasteiger partial charge is 0.238 e. The van der Waals surface area contributed by atoms with E-state index in [1.165, 1.54) is 12.1 Å². The number of pyridine rings is 1. The van der Waals surface area contributed by atoms with E-state index in [0.717, 1.165) is 5.56 Å². The minimum Gasteiger partial charge on any atom is -0.326 e. The second kappa shape index (κ2) is 6.47. The van der Waals surface area contributed by atoms with E-state index < -0.39 is 10.0 Å². The lowest BCUT2D eigenvalue weighted by molar-refractivity contribution is -0.116. The molecule has 0 spiro atoms. The number of anilines is 1. The maximum atomic E-state index is 11.8. The van der Waals surface area contributed by atoms with Crippen LogP contribution in [0.2, 0.25) is 0 Å². The van der Waals surface area contributed by atoms with Gasteiger partial charge in [0.05, 0.1) is 4.90 Å². The van der Waals surface area contributed by atoms with Crippen LogP contribution in [0.15, 0.2) is 53.7 Å². The molecule has 1 aromatic heterocycles. The van der Waals surface area contributed by atoms with Gasteiger partial charge in [0, 0.05) is 24.5 Å². The van der Waals surface area contributed by atoms with Crippen LogP contribution >= 0.6 is 0 Å². The van der Waals surface area contributed by atoms with Gasteiger partial charge in [-0.3, -0.25) is 9.78 Å². The van der Waals surface area contributed by atoms with Crippen molar-refractivity contribution < 1.29 is 13.2 Å². The Balaban J connectivity index is 1.90. The van der Waals surface area contributed by atoms with E-state index in [4.69, 9.17) is 5.14 Å². The summed E-state index contributed by atoms with van der Waals surface area (Å²) in [5, 5.41) is 7.77. The second-order valence-corrected chi connectivity index (χ2v) is 6.03. The van der Waals surface area contributed by atoms with Gasteiger partial charge in [-0.15, -0.1) is 0 Å². The van der Waals surface area contributed by atoms with E-state index >= 15 is 0 Å². The van der Waals surface area contributed by atoms with Crippen molar-refractivity contribution in [3.8, 4) is 0 Å². The van der Waals surface area contributed by atoms with Crippen molar-refractivity contribution in [2.45, 2.75) is 17.7 Å². The summed E-state index contributed by atoms with van der Waals surface area (Å²) in [5.74, 6) is -0.114. The average molecular weight is 305 g/mol. The molecule has 0 aliphatic rings. The number of hydrogen-bond donors (Lipinski definition) is 2. The van der Waals surface area contributed by atoms with Gasteiger partial charge >= 0.3 is 0 Å². The van der Waals surface area contributed by atoms with Gasteiger partial charge < -0.3 is 5.32 Å². The van der Waals surface area contributed by atoms with Crippen molar-refractivity contribution in [2.75, 3.05) is 5.32 Å². The first-order valence-corrected chi connectivity index (χ1v) is 7.81. The molecule has 2 aromatic rings. The molecule has 1 amide bonds. The number of rotatable bonds is 5. The zero-order valence-corrected chi connectivity index (χ0v) is 12.0. The highest BCUT2D eigenvalue weighted by Gasteiger charge is 2.07. The van der Waals surface area contributed by atoms with Crippen molar-refractivity contribution in [3.05, 3.63) is 54.4 Å². The quantitative estimate of drug-likeness (QED) is 0.869. The molecule has 3 N–H and O–H groups in total. The third kappa shape index (κ3) is 4.66. The topological polar surface area (TPSA) is 102 Å². The molecular weight excluding hydrogens is 290 g/mol. The number of amides is 1. The van der Waals surface area contributed by atoms with Gasteiger partial charge in [-0.1, -0.05) is 12.1 Å². The number of carbonyl (C=O) groups excluding carboxylic acids is 1. The van der Waals surface area contributed by atoms with Crippen molar-refractivity contribution in [1.29, 1.82) is 0 Å². The molecule has 2 rings (SSSR count). The molecule has 0 unspecified atom stereocenters. The Bertz CT molecular complexity index is 713. The molecule has 110 valence electrons. The van der Waals surface area contributed by atoms with E-state index in [0.29, 0.717) is 18.5 Å². The van der Waals surface area contributed by atoms with Crippen LogP contribution in [0.4, 0.5) is 5.69 Å². The molecule has 0 saturated heterocycles. The molecule has 1 aromatic carbocycles. The Morgan fingerprint density at radius 1 is 1.10 bits per heavy atom. The first-order valence-electron chi connectivity index (χ1n) is 6.27. The van der Waals surface area contributed by atoms with E-state index in [2.05, 4.69) is 10.3 Å². The second-order valence-electron chi connectivity index (χ2n) is 4.47. The number of carbonyl (C=O) groups is 1. The molecule has 0 saturated carbocycles. The zero-order valence-electron chi connectivity index (χ0n) is 11.2. The normalized spacial score (nSPS) is 11.1. The summed E-state index contributed by atoms with van der Waals surface area (Å²) >= 11 is 0. The van der Waals surface area contributed by atoms with Gasteiger partial charge in [-0.2, -0.15) is 0 Å². The lowest BCUT2D eigenvalue weighted by Gasteiger charge is -2.05. The molecule has 21 heavy (non-hydrogen) atoms. The highest BCUT2D eigenvalue weighted by molar-refractivity contribution is 7.89. The lowest BCUT2D eigenvalue weighted by atomic mass is 10.1. The van der Waals surface area contributed by atoms with Gasteiger partial charge in [0.15, 0.2) is 0 Å². The number of aryl methyl sites for hydroxylation is 1. The molecular formula is C14H15N3O3S. The highest BCUT2D eigenvalue weighted by Crippen LogP contribution is 2.11. The number of nitrogens with two attached hydrogens (primary N) is 1. The molecule has 0 aliphatic heterocycles. The maximum Gasteiger partial charge on any atom is 0.238 e. The first kappa shape index (κ1) is 15.1. The van der Waals surface area contributed by atoms with Gasteiger partial charge in [-0.25, -0.2) is 13.6 Å². The molecule has 0 fully saturated rings. The third-order valence-electron chi connectivity index (χ3n) is 2.86. The minimum atomic E-state index is -3.68. The summed E-state index contributed by atoms with van der Waals surface area (Å²) in [7, 11) is -3.68. The number of primary sulfonamides is 1. The largest absolute Gasteiger partial charge is 0.326 e. The number of benzene rings is 1. The molecule has 0 atom stereocenters. The monoisotopic (exact) mass is 305 g/mol. The zero-order chi connectivity index (χ0) is 15.3. The third-order valence-corrected chi connectivity index (χ3v) is 3.79.